The first-order valence-corrected chi connectivity index (χ1v) is 9.25. The first-order valence-electron chi connectivity index (χ1n) is 8.87. The van der Waals surface area contributed by atoms with Gasteiger partial charge in [-0.25, -0.2) is 4.98 Å². The molecule has 1 aromatic heterocycles. The first-order chi connectivity index (χ1) is 11.2. The lowest BCUT2D eigenvalue weighted by atomic mass is 9.91. The van der Waals surface area contributed by atoms with Crippen molar-refractivity contribution in [3.8, 4) is 0 Å². The van der Waals surface area contributed by atoms with Crippen LogP contribution in [0.25, 0.3) is 0 Å². The molecule has 23 heavy (non-hydrogen) atoms. The Morgan fingerprint density at radius 3 is 2.65 bits per heavy atom. The molecule has 1 amide bonds. The highest BCUT2D eigenvalue weighted by molar-refractivity contribution is 6.30. The second-order valence-electron chi connectivity index (χ2n) is 7.19. The predicted octanol–water partition coefficient (Wildman–Crippen LogP) is 3.21. The summed E-state index contributed by atoms with van der Waals surface area (Å²) in [4.78, 5) is 21.6. The molecule has 1 aromatic rings. The SMILES string of the molecule is O=C([C@H]1CC[C@@H]2CCC[C@@H]21)N1CCN(c2ccc(Cl)cn2)CC1. The number of rotatable bonds is 2. The number of anilines is 1. The van der Waals surface area contributed by atoms with Gasteiger partial charge in [0, 0.05) is 38.3 Å². The van der Waals surface area contributed by atoms with Gasteiger partial charge in [0.1, 0.15) is 5.82 Å². The third-order valence-corrected chi connectivity index (χ3v) is 6.25. The minimum absolute atomic E-state index is 0.308. The van der Waals surface area contributed by atoms with Crippen molar-refractivity contribution in [2.45, 2.75) is 32.1 Å². The van der Waals surface area contributed by atoms with Crippen molar-refractivity contribution in [3.63, 3.8) is 0 Å². The van der Waals surface area contributed by atoms with Crippen LogP contribution in [-0.4, -0.2) is 42.0 Å². The zero-order valence-corrected chi connectivity index (χ0v) is 14.2. The second kappa shape index (κ2) is 6.31. The molecule has 0 spiro atoms. The molecular weight excluding hydrogens is 310 g/mol. The van der Waals surface area contributed by atoms with Gasteiger partial charge in [0.2, 0.25) is 5.91 Å². The number of hydrogen-bond acceptors (Lipinski definition) is 3. The van der Waals surface area contributed by atoms with Gasteiger partial charge in [0.05, 0.1) is 5.02 Å². The Morgan fingerprint density at radius 1 is 1.09 bits per heavy atom. The Kier molecular flexibility index (Phi) is 4.18. The van der Waals surface area contributed by atoms with E-state index in [9.17, 15) is 4.79 Å². The molecule has 0 bridgehead atoms. The topological polar surface area (TPSA) is 36.4 Å². The van der Waals surface area contributed by atoms with E-state index >= 15 is 0 Å². The molecule has 0 radical (unpaired) electrons. The molecule has 0 unspecified atom stereocenters. The maximum absolute atomic E-state index is 12.9. The zero-order valence-electron chi connectivity index (χ0n) is 13.5. The van der Waals surface area contributed by atoms with E-state index in [1.807, 2.05) is 12.1 Å². The second-order valence-corrected chi connectivity index (χ2v) is 7.62. The lowest BCUT2D eigenvalue weighted by molar-refractivity contribution is -0.137. The quantitative estimate of drug-likeness (QED) is 0.834. The number of piperazine rings is 1. The lowest BCUT2D eigenvalue weighted by Gasteiger charge is -2.37. The molecule has 0 N–H and O–H groups in total. The van der Waals surface area contributed by atoms with Gasteiger partial charge in [-0.2, -0.15) is 0 Å². The maximum atomic E-state index is 12.9. The van der Waals surface area contributed by atoms with Crippen LogP contribution in [-0.2, 0) is 4.79 Å². The summed E-state index contributed by atoms with van der Waals surface area (Å²) in [7, 11) is 0. The fourth-order valence-corrected chi connectivity index (χ4v) is 4.93. The Balaban J connectivity index is 1.36. The molecule has 3 aliphatic rings. The number of carbonyl (C=O) groups is 1. The van der Waals surface area contributed by atoms with Gasteiger partial charge in [0.25, 0.3) is 0 Å². The number of carbonyl (C=O) groups excluding carboxylic acids is 1. The Bertz CT molecular complexity index is 568. The minimum Gasteiger partial charge on any atom is -0.353 e. The molecule has 3 atom stereocenters. The van der Waals surface area contributed by atoms with E-state index in [1.54, 1.807) is 6.20 Å². The summed E-state index contributed by atoms with van der Waals surface area (Å²) in [6.07, 6.45) is 8.03. The molecule has 1 saturated heterocycles. The largest absolute Gasteiger partial charge is 0.353 e. The van der Waals surface area contributed by atoms with Crippen molar-refractivity contribution in [2.24, 2.45) is 17.8 Å². The fraction of sp³-hybridized carbons (Fsp3) is 0.667. The van der Waals surface area contributed by atoms with Crippen LogP contribution in [0.15, 0.2) is 18.3 Å². The summed E-state index contributed by atoms with van der Waals surface area (Å²) in [5, 5.41) is 0.662. The number of amides is 1. The molecule has 2 aliphatic carbocycles. The van der Waals surface area contributed by atoms with Crippen molar-refractivity contribution in [1.29, 1.82) is 0 Å². The first kappa shape index (κ1) is 15.3. The standard InChI is InChI=1S/C18H24ClN3O/c19-14-5-7-17(20-12-14)21-8-10-22(11-9-21)18(23)16-6-4-13-2-1-3-15(13)16/h5,7,12-13,15-16H,1-4,6,8-11H2/t13-,15-,16-/m0/s1. The summed E-state index contributed by atoms with van der Waals surface area (Å²) < 4.78 is 0. The molecule has 124 valence electrons. The molecular formula is C18H24ClN3O. The van der Waals surface area contributed by atoms with Gasteiger partial charge in [-0.1, -0.05) is 24.4 Å². The highest BCUT2D eigenvalue weighted by Gasteiger charge is 2.44. The van der Waals surface area contributed by atoms with Crippen LogP contribution >= 0.6 is 11.6 Å². The highest BCUT2D eigenvalue weighted by atomic mass is 35.5. The van der Waals surface area contributed by atoms with Crippen molar-refractivity contribution in [1.82, 2.24) is 9.88 Å². The average molecular weight is 334 g/mol. The Labute approximate surface area is 142 Å². The number of aromatic nitrogens is 1. The van der Waals surface area contributed by atoms with Gasteiger partial charge in [-0.05, 0) is 43.2 Å². The van der Waals surface area contributed by atoms with Gasteiger partial charge >= 0.3 is 0 Å². The van der Waals surface area contributed by atoms with E-state index in [1.165, 1.54) is 25.7 Å². The molecule has 3 fully saturated rings. The van der Waals surface area contributed by atoms with E-state index in [-0.39, 0.29) is 0 Å². The fourth-order valence-electron chi connectivity index (χ4n) is 4.81. The van der Waals surface area contributed by atoms with E-state index < -0.39 is 0 Å². The van der Waals surface area contributed by atoms with Crippen LogP contribution in [0.3, 0.4) is 0 Å². The average Bonchev–Trinajstić information content (AvgIpc) is 3.18. The predicted molar refractivity (Wildman–Crippen MR) is 91.6 cm³/mol. The zero-order chi connectivity index (χ0) is 15.8. The normalized spacial score (nSPS) is 30.6. The lowest BCUT2D eigenvalue weighted by Crippen LogP contribution is -2.51. The summed E-state index contributed by atoms with van der Waals surface area (Å²) >= 11 is 5.90. The molecule has 0 aromatic carbocycles. The molecule has 4 rings (SSSR count). The Morgan fingerprint density at radius 2 is 1.91 bits per heavy atom. The smallest absolute Gasteiger partial charge is 0.226 e. The van der Waals surface area contributed by atoms with Crippen LogP contribution in [0.5, 0.6) is 0 Å². The third-order valence-electron chi connectivity index (χ3n) is 6.03. The third kappa shape index (κ3) is 2.93. The minimum atomic E-state index is 0.308. The van der Waals surface area contributed by atoms with Crippen LogP contribution in [0.4, 0.5) is 5.82 Å². The summed E-state index contributed by atoms with van der Waals surface area (Å²) in [6.45, 7) is 3.36. The molecule has 4 nitrogen and oxygen atoms in total. The van der Waals surface area contributed by atoms with E-state index in [2.05, 4.69) is 14.8 Å². The molecule has 2 heterocycles. The maximum Gasteiger partial charge on any atom is 0.226 e. The summed E-state index contributed by atoms with van der Waals surface area (Å²) in [6, 6.07) is 3.83. The number of fused-ring (bicyclic) bond motifs is 1. The van der Waals surface area contributed by atoms with Gasteiger partial charge < -0.3 is 9.80 Å². The van der Waals surface area contributed by atoms with Gasteiger partial charge in [0.15, 0.2) is 0 Å². The highest BCUT2D eigenvalue weighted by Crippen LogP contribution is 2.48. The van der Waals surface area contributed by atoms with Gasteiger partial charge in [-0.15, -0.1) is 0 Å². The molecule has 2 saturated carbocycles. The molecule has 1 aliphatic heterocycles. The number of hydrogen-bond donors (Lipinski definition) is 0. The van der Waals surface area contributed by atoms with Crippen molar-refractivity contribution in [3.05, 3.63) is 23.4 Å². The van der Waals surface area contributed by atoms with Gasteiger partial charge in [-0.3, -0.25) is 4.79 Å². The van der Waals surface area contributed by atoms with E-state index in [0.717, 1.165) is 44.3 Å². The van der Waals surface area contributed by atoms with Crippen LogP contribution in [0.1, 0.15) is 32.1 Å². The number of pyridine rings is 1. The van der Waals surface area contributed by atoms with Crippen molar-refractivity contribution in [2.75, 3.05) is 31.1 Å². The van der Waals surface area contributed by atoms with Crippen LogP contribution in [0, 0.1) is 17.8 Å². The van der Waals surface area contributed by atoms with E-state index in [0.29, 0.717) is 22.8 Å². The van der Waals surface area contributed by atoms with Crippen LogP contribution in [0.2, 0.25) is 5.02 Å². The van der Waals surface area contributed by atoms with Crippen molar-refractivity contribution < 1.29 is 4.79 Å². The molecule has 5 heteroatoms. The monoisotopic (exact) mass is 333 g/mol. The number of halogens is 1. The summed E-state index contributed by atoms with van der Waals surface area (Å²) in [5.74, 6) is 3.20. The van der Waals surface area contributed by atoms with E-state index in [4.69, 9.17) is 11.6 Å². The number of nitrogens with zero attached hydrogens (tertiary/aromatic N) is 3. The van der Waals surface area contributed by atoms with Crippen LogP contribution < -0.4 is 4.90 Å². The van der Waals surface area contributed by atoms with Crippen molar-refractivity contribution >= 4 is 23.3 Å². The summed E-state index contributed by atoms with van der Waals surface area (Å²) in [5.41, 5.74) is 0. The Hall–Kier alpha value is -1.29.